The maximum Gasteiger partial charge on any atom is 0.334 e. The number of rotatable bonds is 5. The van der Waals surface area contributed by atoms with Crippen molar-refractivity contribution in [3.8, 4) is 0 Å². The number of hydrogen-bond acceptors (Lipinski definition) is 2. The molecule has 1 saturated carbocycles. The van der Waals surface area contributed by atoms with Gasteiger partial charge in [0.2, 0.25) is 6.41 Å². The molecular formula is C13H13ClFNO3. The predicted molar refractivity (Wildman–Crippen MR) is 67.3 cm³/mol. The van der Waals surface area contributed by atoms with E-state index in [9.17, 15) is 19.1 Å². The lowest BCUT2D eigenvalue weighted by Crippen LogP contribution is -2.50. The summed E-state index contributed by atoms with van der Waals surface area (Å²) in [7, 11) is 0. The molecule has 1 fully saturated rings. The van der Waals surface area contributed by atoms with E-state index in [1.54, 1.807) is 0 Å². The normalized spacial score (nSPS) is 17.6. The second-order valence-electron chi connectivity index (χ2n) is 4.75. The highest BCUT2D eigenvalue weighted by Crippen LogP contribution is 2.40. The number of aliphatic carboxylic acids is 1. The average molecular weight is 286 g/mol. The Bertz CT molecular complexity index is 533. The second-order valence-corrected chi connectivity index (χ2v) is 5.15. The summed E-state index contributed by atoms with van der Waals surface area (Å²) in [5.41, 5.74) is -1.38. The minimum Gasteiger partial charge on any atom is -0.479 e. The third-order valence-electron chi connectivity index (χ3n) is 3.44. The average Bonchev–Trinajstić information content (AvgIpc) is 3.13. The number of halogens is 2. The van der Waals surface area contributed by atoms with Crippen LogP contribution in [0.15, 0.2) is 18.2 Å². The van der Waals surface area contributed by atoms with E-state index in [2.05, 4.69) is 0 Å². The molecule has 0 aromatic heterocycles. The van der Waals surface area contributed by atoms with Crippen LogP contribution in [0.3, 0.4) is 0 Å². The van der Waals surface area contributed by atoms with E-state index in [1.807, 2.05) is 0 Å². The molecule has 1 aliphatic carbocycles. The van der Waals surface area contributed by atoms with Gasteiger partial charge in [0.1, 0.15) is 5.82 Å². The van der Waals surface area contributed by atoms with Crippen LogP contribution >= 0.6 is 11.6 Å². The Labute approximate surface area is 114 Å². The summed E-state index contributed by atoms with van der Waals surface area (Å²) in [4.78, 5) is 24.1. The molecular weight excluding hydrogens is 273 g/mol. The van der Waals surface area contributed by atoms with Crippen LogP contribution in [0.2, 0.25) is 5.02 Å². The summed E-state index contributed by atoms with van der Waals surface area (Å²) >= 11 is 5.94. The summed E-state index contributed by atoms with van der Waals surface area (Å²) in [5, 5.41) is 9.50. The number of carbonyl (C=O) groups is 2. The van der Waals surface area contributed by atoms with E-state index in [-0.39, 0.29) is 16.6 Å². The third kappa shape index (κ3) is 2.30. The van der Waals surface area contributed by atoms with Crippen molar-refractivity contribution in [3.05, 3.63) is 34.6 Å². The standard InChI is InChI=1S/C13H13ClFNO3/c1-13(12(18)19,16(7-17)9-3-4-9)10-5-2-8(15)6-11(10)14/h2,5-7,9H,3-4H2,1H3,(H,18,19). The maximum atomic E-state index is 13.1. The maximum absolute atomic E-state index is 13.1. The molecule has 0 aliphatic heterocycles. The number of hydrogen-bond donors (Lipinski definition) is 1. The number of carboxylic acid groups (broad SMARTS) is 1. The number of benzene rings is 1. The Morgan fingerprint density at radius 3 is 2.63 bits per heavy atom. The van der Waals surface area contributed by atoms with Gasteiger partial charge in [-0.05, 0) is 31.9 Å². The van der Waals surface area contributed by atoms with Crippen molar-refractivity contribution < 1.29 is 19.1 Å². The fourth-order valence-corrected chi connectivity index (χ4v) is 2.51. The lowest BCUT2D eigenvalue weighted by Gasteiger charge is -2.36. The van der Waals surface area contributed by atoms with Crippen molar-refractivity contribution in [2.24, 2.45) is 0 Å². The Balaban J connectivity index is 2.54. The highest BCUT2D eigenvalue weighted by molar-refractivity contribution is 6.31. The molecule has 1 amide bonds. The zero-order valence-corrected chi connectivity index (χ0v) is 11.0. The molecule has 6 heteroatoms. The van der Waals surface area contributed by atoms with E-state index in [4.69, 9.17) is 11.6 Å². The molecule has 0 radical (unpaired) electrons. The minimum absolute atomic E-state index is 0.00241. The molecule has 1 aliphatic rings. The van der Waals surface area contributed by atoms with Gasteiger partial charge in [-0.3, -0.25) is 4.79 Å². The van der Waals surface area contributed by atoms with Crippen LogP contribution in [0, 0.1) is 5.82 Å². The predicted octanol–water partition coefficient (Wildman–Crippen LogP) is 2.40. The topological polar surface area (TPSA) is 57.6 Å². The van der Waals surface area contributed by atoms with E-state index in [1.165, 1.54) is 17.9 Å². The summed E-state index contributed by atoms with van der Waals surface area (Å²) in [5.74, 6) is -1.74. The number of amides is 1. The fraction of sp³-hybridized carbons (Fsp3) is 0.385. The van der Waals surface area contributed by atoms with Crippen LogP contribution in [-0.2, 0) is 15.1 Å². The van der Waals surface area contributed by atoms with Gasteiger partial charge in [-0.15, -0.1) is 0 Å². The molecule has 0 spiro atoms. The van der Waals surface area contributed by atoms with Crippen molar-refractivity contribution >= 4 is 24.0 Å². The van der Waals surface area contributed by atoms with Crippen molar-refractivity contribution in [2.75, 3.05) is 0 Å². The Kier molecular flexibility index (Phi) is 3.49. The quantitative estimate of drug-likeness (QED) is 0.845. The SMILES string of the molecule is CC(C(=O)O)(c1ccc(F)cc1Cl)N(C=O)C1CC1. The van der Waals surface area contributed by atoms with Crippen molar-refractivity contribution in [1.82, 2.24) is 4.90 Å². The molecule has 102 valence electrons. The van der Waals surface area contributed by atoms with Gasteiger partial charge in [-0.1, -0.05) is 17.7 Å². The zero-order valence-electron chi connectivity index (χ0n) is 10.3. The van der Waals surface area contributed by atoms with Crippen molar-refractivity contribution in [2.45, 2.75) is 31.3 Å². The molecule has 19 heavy (non-hydrogen) atoms. The van der Waals surface area contributed by atoms with Gasteiger partial charge in [-0.25, -0.2) is 9.18 Å². The minimum atomic E-state index is -1.59. The van der Waals surface area contributed by atoms with Crippen molar-refractivity contribution in [1.29, 1.82) is 0 Å². The number of nitrogens with zero attached hydrogens (tertiary/aromatic N) is 1. The summed E-state index contributed by atoms with van der Waals surface area (Å²) in [6.07, 6.45) is 2.05. The molecule has 1 N–H and O–H groups in total. The molecule has 1 unspecified atom stereocenters. The molecule has 0 bridgehead atoms. The Morgan fingerprint density at radius 2 is 2.21 bits per heavy atom. The molecule has 0 heterocycles. The molecule has 1 atom stereocenters. The van der Waals surface area contributed by atoms with Crippen LogP contribution in [0.1, 0.15) is 25.3 Å². The van der Waals surface area contributed by atoms with Crippen LogP contribution in [-0.4, -0.2) is 28.4 Å². The lowest BCUT2D eigenvalue weighted by atomic mass is 9.90. The molecule has 2 rings (SSSR count). The lowest BCUT2D eigenvalue weighted by molar-refractivity contribution is -0.155. The van der Waals surface area contributed by atoms with Gasteiger partial charge in [0, 0.05) is 16.6 Å². The highest BCUT2D eigenvalue weighted by Gasteiger charge is 2.48. The first kappa shape index (κ1) is 13.8. The molecule has 4 nitrogen and oxygen atoms in total. The van der Waals surface area contributed by atoms with Gasteiger partial charge in [0.05, 0.1) is 0 Å². The van der Waals surface area contributed by atoms with Crippen LogP contribution in [0.5, 0.6) is 0 Å². The monoisotopic (exact) mass is 285 g/mol. The summed E-state index contributed by atoms with van der Waals surface area (Å²) in [6.45, 7) is 1.40. The highest BCUT2D eigenvalue weighted by atomic mass is 35.5. The van der Waals surface area contributed by atoms with E-state index in [0.29, 0.717) is 6.41 Å². The zero-order chi connectivity index (χ0) is 14.2. The first-order valence-electron chi connectivity index (χ1n) is 5.84. The van der Waals surface area contributed by atoms with Gasteiger partial charge in [0.25, 0.3) is 0 Å². The van der Waals surface area contributed by atoms with Gasteiger partial charge in [0.15, 0.2) is 5.54 Å². The third-order valence-corrected chi connectivity index (χ3v) is 3.75. The Morgan fingerprint density at radius 1 is 1.58 bits per heavy atom. The first-order chi connectivity index (χ1) is 8.91. The number of carboxylic acids is 1. The largest absolute Gasteiger partial charge is 0.479 e. The smallest absolute Gasteiger partial charge is 0.334 e. The van der Waals surface area contributed by atoms with Crippen LogP contribution < -0.4 is 0 Å². The first-order valence-corrected chi connectivity index (χ1v) is 6.21. The van der Waals surface area contributed by atoms with E-state index < -0.39 is 17.3 Å². The van der Waals surface area contributed by atoms with Crippen molar-refractivity contribution in [3.63, 3.8) is 0 Å². The Hall–Kier alpha value is -1.62. The summed E-state index contributed by atoms with van der Waals surface area (Å²) in [6, 6.07) is 3.40. The van der Waals surface area contributed by atoms with E-state index in [0.717, 1.165) is 25.0 Å². The van der Waals surface area contributed by atoms with Crippen LogP contribution in [0.25, 0.3) is 0 Å². The van der Waals surface area contributed by atoms with Gasteiger partial charge >= 0.3 is 5.97 Å². The number of carbonyl (C=O) groups excluding carboxylic acids is 1. The fourth-order valence-electron chi connectivity index (χ4n) is 2.16. The molecule has 1 aromatic rings. The summed E-state index contributed by atoms with van der Waals surface area (Å²) < 4.78 is 13.1. The molecule has 0 saturated heterocycles. The van der Waals surface area contributed by atoms with Gasteiger partial charge < -0.3 is 10.0 Å². The van der Waals surface area contributed by atoms with E-state index >= 15 is 0 Å². The van der Waals surface area contributed by atoms with Gasteiger partial charge in [-0.2, -0.15) is 0 Å². The second kappa shape index (κ2) is 4.81. The van der Waals surface area contributed by atoms with Crippen LogP contribution in [0.4, 0.5) is 4.39 Å². The molecule has 1 aromatic carbocycles.